The van der Waals surface area contributed by atoms with Crippen LogP contribution in [0.2, 0.25) is 5.02 Å². The van der Waals surface area contributed by atoms with E-state index in [2.05, 4.69) is 0 Å². The highest BCUT2D eigenvalue weighted by molar-refractivity contribution is 6.31. The molecule has 0 bridgehead atoms. The van der Waals surface area contributed by atoms with Gasteiger partial charge in [0.15, 0.2) is 0 Å². The van der Waals surface area contributed by atoms with E-state index in [4.69, 9.17) is 16.9 Å². The molecule has 0 heterocycles. The van der Waals surface area contributed by atoms with Crippen LogP contribution in [-0.4, -0.2) is 23.4 Å². The average Bonchev–Trinajstić information content (AvgIpc) is 2.28. The molecule has 3 nitrogen and oxygen atoms in total. The summed E-state index contributed by atoms with van der Waals surface area (Å²) in [5.74, 6) is -0.900. The fourth-order valence-electron chi connectivity index (χ4n) is 1.36. The maximum atomic E-state index is 13.0. The van der Waals surface area contributed by atoms with Gasteiger partial charge in [0.1, 0.15) is 12.4 Å². The first-order valence-electron chi connectivity index (χ1n) is 5.10. The Kier molecular flexibility index (Phi) is 4.47. The highest BCUT2D eigenvalue weighted by Crippen LogP contribution is 2.18. The number of hydrogen-bond acceptors (Lipinski definition) is 2. The number of carbonyl (C=O) groups is 1. The molecular weight excluding hydrogens is 243 g/mol. The molecule has 90 valence electrons. The van der Waals surface area contributed by atoms with E-state index >= 15 is 0 Å². The highest BCUT2D eigenvalue weighted by Gasteiger charge is 2.19. The molecule has 5 heteroatoms. The second kappa shape index (κ2) is 5.65. The molecule has 1 aromatic carbocycles. The van der Waals surface area contributed by atoms with Crippen LogP contribution in [0.25, 0.3) is 0 Å². The van der Waals surface area contributed by atoms with Crippen molar-refractivity contribution in [3.63, 3.8) is 0 Å². The predicted octanol–water partition coefficient (Wildman–Crippen LogP) is 2.85. The van der Waals surface area contributed by atoms with Crippen LogP contribution in [0.1, 0.15) is 24.2 Å². The second-order valence-corrected chi connectivity index (χ2v) is 4.22. The van der Waals surface area contributed by atoms with E-state index in [1.807, 2.05) is 6.07 Å². The first kappa shape index (κ1) is 13.5. The van der Waals surface area contributed by atoms with E-state index in [-0.39, 0.29) is 29.1 Å². The molecule has 1 amide bonds. The first-order chi connectivity index (χ1) is 7.97. The van der Waals surface area contributed by atoms with Gasteiger partial charge in [-0.3, -0.25) is 4.79 Å². The topological polar surface area (TPSA) is 44.1 Å². The SMILES string of the molecule is CC(C)N(CC#N)C(=O)c1ccc(F)c(Cl)c1. The summed E-state index contributed by atoms with van der Waals surface area (Å²) >= 11 is 5.61. The molecule has 0 saturated carbocycles. The zero-order chi connectivity index (χ0) is 13.0. The number of amides is 1. The molecule has 0 radical (unpaired) electrons. The number of nitrogens with zero attached hydrogens (tertiary/aromatic N) is 2. The Labute approximate surface area is 104 Å². The summed E-state index contributed by atoms with van der Waals surface area (Å²) < 4.78 is 13.0. The van der Waals surface area contributed by atoms with E-state index < -0.39 is 5.82 Å². The van der Waals surface area contributed by atoms with Gasteiger partial charge in [-0.15, -0.1) is 0 Å². The lowest BCUT2D eigenvalue weighted by Gasteiger charge is -2.23. The van der Waals surface area contributed by atoms with Gasteiger partial charge in [-0.05, 0) is 32.0 Å². The molecule has 0 N–H and O–H groups in total. The van der Waals surface area contributed by atoms with Crippen molar-refractivity contribution in [2.75, 3.05) is 6.54 Å². The number of carbonyl (C=O) groups excluding carboxylic acids is 1. The number of nitriles is 1. The van der Waals surface area contributed by atoms with E-state index in [1.165, 1.54) is 17.0 Å². The monoisotopic (exact) mass is 254 g/mol. The van der Waals surface area contributed by atoms with Crippen molar-refractivity contribution in [1.29, 1.82) is 5.26 Å². The van der Waals surface area contributed by atoms with Crippen LogP contribution in [0.15, 0.2) is 18.2 Å². The minimum absolute atomic E-state index is 0.00844. The molecule has 0 atom stereocenters. The van der Waals surface area contributed by atoms with Crippen LogP contribution in [0, 0.1) is 17.1 Å². The summed E-state index contributed by atoms with van der Waals surface area (Å²) in [5, 5.41) is 8.55. The standard InChI is InChI=1S/C12H12ClFN2O/c1-8(2)16(6-5-15)12(17)9-3-4-11(14)10(13)7-9/h3-4,7-8H,6H2,1-2H3. The van der Waals surface area contributed by atoms with E-state index in [1.54, 1.807) is 13.8 Å². The Morgan fingerprint density at radius 3 is 2.71 bits per heavy atom. The zero-order valence-electron chi connectivity index (χ0n) is 9.58. The van der Waals surface area contributed by atoms with Crippen molar-refractivity contribution in [2.45, 2.75) is 19.9 Å². The Morgan fingerprint density at radius 1 is 1.59 bits per heavy atom. The second-order valence-electron chi connectivity index (χ2n) is 3.81. The van der Waals surface area contributed by atoms with Crippen LogP contribution in [0.5, 0.6) is 0 Å². The summed E-state index contributed by atoms with van der Waals surface area (Å²) in [6.45, 7) is 3.60. The molecule has 0 aliphatic rings. The van der Waals surface area contributed by atoms with Gasteiger partial charge in [-0.25, -0.2) is 4.39 Å². The maximum Gasteiger partial charge on any atom is 0.254 e. The number of hydrogen-bond donors (Lipinski definition) is 0. The average molecular weight is 255 g/mol. The van der Waals surface area contributed by atoms with E-state index in [9.17, 15) is 9.18 Å². The van der Waals surface area contributed by atoms with Gasteiger partial charge in [0.2, 0.25) is 0 Å². The van der Waals surface area contributed by atoms with Gasteiger partial charge in [-0.1, -0.05) is 11.6 Å². The lowest BCUT2D eigenvalue weighted by atomic mass is 10.1. The van der Waals surface area contributed by atoms with Gasteiger partial charge in [0.05, 0.1) is 11.1 Å². The van der Waals surface area contributed by atoms with Crippen molar-refractivity contribution in [3.05, 3.63) is 34.6 Å². The number of benzene rings is 1. The lowest BCUT2D eigenvalue weighted by Crippen LogP contribution is -2.37. The van der Waals surface area contributed by atoms with Crippen molar-refractivity contribution in [3.8, 4) is 6.07 Å². The van der Waals surface area contributed by atoms with Crippen LogP contribution in [0.4, 0.5) is 4.39 Å². The largest absolute Gasteiger partial charge is 0.323 e. The minimum Gasteiger partial charge on any atom is -0.323 e. The van der Waals surface area contributed by atoms with Gasteiger partial charge in [0, 0.05) is 11.6 Å². The highest BCUT2D eigenvalue weighted by atomic mass is 35.5. The summed E-state index contributed by atoms with van der Waals surface area (Å²) in [6.07, 6.45) is 0. The predicted molar refractivity (Wildman–Crippen MR) is 63.2 cm³/mol. The Hall–Kier alpha value is -1.60. The molecule has 1 aromatic rings. The quantitative estimate of drug-likeness (QED) is 0.779. The fraction of sp³-hybridized carbons (Fsp3) is 0.333. The molecule has 17 heavy (non-hydrogen) atoms. The molecule has 0 aromatic heterocycles. The first-order valence-corrected chi connectivity index (χ1v) is 5.48. The number of halogens is 2. The van der Waals surface area contributed by atoms with E-state index in [0.29, 0.717) is 0 Å². The van der Waals surface area contributed by atoms with Crippen LogP contribution in [0.3, 0.4) is 0 Å². The van der Waals surface area contributed by atoms with Crippen molar-refractivity contribution in [1.82, 2.24) is 4.90 Å². The summed E-state index contributed by atoms with van der Waals surface area (Å²) in [6, 6.07) is 5.58. The van der Waals surface area contributed by atoms with Crippen molar-refractivity contribution in [2.24, 2.45) is 0 Å². The molecule has 0 unspecified atom stereocenters. The van der Waals surface area contributed by atoms with Gasteiger partial charge in [-0.2, -0.15) is 5.26 Å². The fourth-order valence-corrected chi connectivity index (χ4v) is 1.54. The van der Waals surface area contributed by atoms with Crippen molar-refractivity contribution >= 4 is 17.5 Å². The van der Waals surface area contributed by atoms with Crippen LogP contribution < -0.4 is 0 Å². The third-order valence-electron chi connectivity index (χ3n) is 2.29. The molecule has 0 aliphatic heterocycles. The zero-order valence-corrected chi connectivity index (χ0v) is 10.3. The van der Waals surface area contributed by atoms with Gasteiger partial charge < -0.3 is 4.90 Å². The maximum absolute atomic E-state index is 13.0. The van der Waals surface area contributed by atoms with Crippen LogP contribution >= 0.6 is 11.6 Å². The van der Waals surface area contributed by atoms with Crippen LogP contribution in [-0.2, 0) is 0 Å². The third kappa shape index (κ3) is 3.18. The van der Waals surface area contributed by atoms with Gasteiger partial charge >= 0.3 is 0 Å². The summed E-state index contributed by atoms with van der Waals surface area (Å²) in [4.78, 5) is 13.4. The Morgan fingerprint density at radius 2 is 2.24 bits per heavy atom. The van der Waals surface area contributed by atoms with E-state index in [0.717, 1.165) is 6.07 Å². The molecule has 0 saturated heterocycles. The Balaban J connectivity index is 3.02. The number of rotatable bonds is 3. The smallest absolute Gasteiger partial charge is 0.254 e. The van der Waals surface area contributed by atoms with Crippen molar-refractivity contribution < 1.29 is 9.18 Å². The molecular formula is C12H12ClFN2O. The molecule has 0 fully saturated rings. The summed E-state index contributed by atoms with van der Waals surface area (Å²) in [5.41, 5.74) is 0.278. The normalized spacial score (nSPS) is 10.1. The third-order valence-corrected chi connectivity index (χ3v) is 2.58. The minimum atomic E-state index is -0.570. The molecule has 0 aliphatic carbocycles. The molecule has 0 spiro atoms. The Bertz CT molecular complexity index is 468. The molecule has 1 rings (SSSR count). The summed E-state index contributed by atoms with van der Waals surface area (Å²) in [7, 11) is 0. The lowest BCUT2D eigenvalue weighted by molar-refractivity contribution is 0.0731. The van der Waals surface area contributed by atoms with Gasteiger partial charge in [0.25, 0.3) is 5.91 Å².